The minimum absolute atomic E-state index is 0. The minimum atomic E-state index is -0.185. The Morgan fingerprint density at radius 3 is 2.50 bits per heavy atom. The van der Waals surface area contributed by atoms with Gasteiger partial charge >= 0.3 is 0 Å². The summed E-state index contributed by atoms with van der Waals surface area (Å²) in [5, 5.41) is 3.10. The second-order valence-corrected chi connectivity index (χ2v) is 6.71. The maximum atomic E-state index is 13.3. The van der Waals surface area contributed by atoms with E-state index in [2.05, 4.69) is 10.3 Å². The van der Waals surface area contributed by atoms with Crippen LogP contribution in [0.15, 0.2) is 53.5 Å². The molecule has 1 saturated carbocycles. The van der Waals surface area contributed by atoms with Crippen molar-refractivity contribution in [1.82, 2.24) is 0 Å². The van der Waals surface area contributed by atoms with Crippen LogP contribution in [0.25, 0.3) is 0 Å². The number of ether oxygens (including phenoxy) is 1. The molecule has 2 aromatic rings. The number of nitrogens with two attached hydrogens (primary N) is 1. The zero-order valence-electron chi connectivity index (χ0n) is 15.0. The van der Waals surface area contributed by atoms with Crippen LogP contribution in [0.1, 0.15) is 38.2 Å². The topological polar surface area (TPSA) is 59.6 Å². The standard InChI is InChI=1S/C20H24FN3O.HI/c1-13(2)25-19-8-6-17(7-9-19)23-20(22)24-18-11-15(12-18)14-4-3-5-16(21)10-14;/h3-10,13,15,18H,11-12H2,1-2H3,(H3,22,23,24);1H. The summed E-state index contributed by atoms with van der Waals surface area (Å²) in [7, 11) is 0. The highest BCUT2D eigenvalue weighted by molar-refractivity contribution is 14.0. The first-order valence-corrected chi connectivity index (χ1v) is 8.62. The molecule has 0 spiro atoms. The monoisotopic (exact) mass is 469 g/mol. The molecule has 1 aliphatic rings. The van der Waals surface area contributed by atoms with Crippen LogP contribution in [0.2, 0.25) is 0 Å². The SMILES string of the molecule is CC(C)Oc1ccc(NC(N)=NC2CC(c3cccc(F)c3)C2)cc1.I. The number of halogens is 2. The second kappa shape index (κ2) is 9.21. The Bertz CT molecular complexity index is 743. The van der Waals surface area contributed by atoms with Crippen LogP contribution in [0.4, 0.5) is 10.1 Å². The van der Waals surface area contributed by atoms with E-state index in [1.54, 1.807) is 12.1 Å². The first-order valence-electron chi connectivity index (χ1n) is 8.62. The Hall–Kier alpha value is -1.83. The van der Waals surface area contributed by atoms with Gasteiger partial charge in [0.15, 0.2) is 5.96 Å². The second-order valence-electron chi connectivity index (χ2n) is 6.71. The zero-order valence-corrected chi connectivity index (χ0v) is 17.3. The van der Waals surface area contributed by atoms with Crippen LogP contribution in [0, 0.1) is 5.82 Å². The summed E-state index contributed by atoms with van der Waals surface area (Å²) < 4.78 is 18.9. The molecule has 0 aromatic heterocycles. The minimum Gasteiger partial charge on any atom is -0.491 e. The molecule has 2 aromatic carbocycles. The molecule has 3 rings (SSSR count). The molecular weight excluding hydrogens is 444 g/mol. The predicted octanol–water partition coefficient (Wildman–Crippen LogP) is 4.90. The van der Waals surface area contributed by atoms with E-state index in [1.807, 2.05) is 44.2 Å². The number of hydrogen-bond acceptors (Lipinski definition) is 2. The Morgan fingerprint density at radius 1 is 1.19 bits per heavy atom. The number of nitrogens with zero attached hydrogens (tertiary/aromatic N) is 1. The highest BCUT2D eigenvalue weighted by Gasteiger charge is 2.30. The van der Waals surface area contributed by atoms with Crippen molar-refractivity contribution in [3.63, 3.8) is 0 Å². The number of anilines is 1. The fourth-order valence-electron chi connectivity index (χ4n) is 2.99. The molecule has 0 bridgehead atoms. The van der Waals surface area contributed by atoms with E-state index in [4.69, 9.17) is 10.5 Å². The number of guanidine groups is 1. The van der Waals surface area contributed by atoms with Gasteiger partial charge in [0, 0.05) is 5.69 Å². The summed E-state index contributed by atoms with van der Waals surface area (Å²) in [4.78, 5) is 4.50. The normalized spacial score (nSPS) is 19.5. The molecule has 26 heavy (non-hydrogen) atoms. The average Bonchev–Trinajstić information content (AvgIpc) is 2.52. The van der Waals surface area contributed by atoms with Crippen molar-refractivity contribution in [1.29, 1.82) is 0 Å². The van der Waals surface area contributed by atoms with E-state index in [-0.39, 0.29) is 41.9 Å². The average molecular weight is 469 g/mol. The summed E-state index contributed by atoms with van der Waals surface area (Å²) in [5.74, 6) is 1.41. The van der Waals surface area contributed by atoms with Crippen LogP contribution in [-0.4, -0.2) is 18.1 Å². The van der Waals surface area contributed by atoms with Gasteiger partial charge in [-0.1, -0.05) is 12.1 Å². The van der Waals surface area contributed by atoms with Crippen LogP contribution >= 0.6 is 24.0 Å². The lowest BCUT2D eigenvalue weighted by Crippen LogP contribution is -2.31. The van der Waals surface area contributed by atoms with E-state index >= 15 is 0 Å². The molecular formula is C20H25FIN3O. The van der Waals surface area contributed by atoms with Gasteiger partial charge in [-0.25, -0.2) is 9.38 Å². The summed E-state index contributed by atoms with van der Waals surface area (Å²) in [6.07, 6.45) is 1.94. The van der Waals surface area contributed by atoms with Gasteiger partial charge in [0.2, 0.25) is 0 Å². The molecule has 0 unspecified atom stereocenters. The van der Waals surface area contributed by atoms with E-state index in [1.165, 1.54) is 6.07 Å². The third-order valence-electron chi connectivity index (χ3n) is 4.25. The molecule has 0 saturated heterocycles. The molecule has 1 fully saturated rings. The van der Waals surface area contributed by atoms with Crippen molar-refractivity contribution in [2.75, 3.05) is 5.32 Å². The lowest BCUT2D eigenvalue weighted by Gasteiger charge is -2.33. The Balaban J connectivity index is 0.00000243. The highest BCUT2D eigenvalue weighted by atomic mass is 127. The Labute approximate surface area is 171 Å². The quantitative estimate of drug-likeness (QED) is 0.372. The fraction of sp³-hybridized carbons (Fsp3) is 0.350. The smallest absolute Gasteiger partial charge is 0.193 e. The third kappa shape index (κ3) is 5.59. The predicted molar refractivity (Wildman–Crippen MR) is 115 cm³/mol. The molecule has 6 heteroatoms. The third-order valence-corrected chi connectivity index (χ3v) is 4.25. The van der Waals surface area contributed by atoms with Crippen molar-refractivity contribution in [2.45, 2.75) is 44.8 Å². The summed E-state index contributed by atoms with van der Waals surface area (Å²) >= 11 is 0. The van der Waals surface area contributed by atoms with Gasteiger partial charge in [0.1, 0.15) is 11.6 Å². The van der Waals surface area contributed by atoms with Gasteiger partial charge in [-0.2, -0.15) is 0 Å². The molecule has 3 N–H and O–H groups in total. The molecule has 1 aliphatic carbocycles. The molecule has 0 heterocycles. The Kier molecular flexibility index (Phi) is 7.25. The van der Waals surface area contributed by atoms with Crippen molar-refractivity contribution < 1.29 is 9.13 Å². The Morgan fingerprint density at radius 2 is 1.88 bits per heavy atom. The summed E-state index contributed by atoms with van der Waals surface area (Å²) in [6, 6.07) is 14.6. The maximum Gasteiger partial charge on any atom is 0.193 e. The van der Waals surface area contributed by atoms with Gasteiger partial charge in [0.05, 0.1) is 12.1 Å². The van der Waals surface area contributed by atoms with Crippen LogP contribution in [-0.2, 0) is 0 Å². The number of benzene rings is 2. The lowest BCUT2D eigenvalue weighted by molar-refractivity contribution is 0.242. The molecule has 4 nitrogen and oxygen atoms in total. The number of nitrogens with one attached hydrogen (secondary N) is 1. The zero-order chi connectivity index (χ0) is 17.8. The van der Waals surface area contributed by atoms with Gasteiger partial charge < -0.3 is 15.8 Å². The highest BCUT2D eigenvalue weighted by Crippen LogP contribution is 2.38. The number of rotatable bonds is 5. The van der Waals surface area contributed by atoms with E-state index in [0.29, 0.717) is 11.9 Å². The molecule has 0 atom stereocenters. The van der Waals surface area contributed by atoms with Gasteiger partial charge in [-0.05, 0) is 74.6 Å². The van der Waals surface area contributed by atoms with Crippen LogP contribution < -0.4 is 15.8 Å². The first-order chi connectivity index (χ1) is 12.0. The molecule has 0 aliphatic heterocycles. The molecule has 0 amide bonds. The largest absolute Gasteiger partial charge is 0.491 e. The van der Waals surface area contributed by atoms with Crippen molar-refractivity contribution in [3.8, 4) is 5.75 Å². The van der Waals surface area contributed by atoms with Gasteiger partial charge in [-0.15, -0.1) is 24.0 Å². The summed E-state index contributed by atoms with van der Waals surface area (Å²) in [5.41, 5.74) is 7.90. The number of aliphatic imine (C=N–C) groups is 1. The van der Waals surface area contributed by atoms with Gasteiger partial charge in [-0.3, -0.25) is 0 Å². The fourth-order valence-corrected chi connectivity index (χ4v) is 2.99. The number of hydrogen-bond donors (Lipinski definition) is 2. The maximum absolute atomic E-state index is 13.3. The van der Waals surface area contributed by atoms with Crippen molar-refractivity contribution >= 4 is 35.6 Å². The summed E-state index contributed by atoms with van der Waals surface area (Å²) in [6.45, 7) is 3.99. The van der Waals surface area contributed by atoms with Crippen molar-refractivity contribution in [3.05, 3.63) is 59.9 Å². The molecule has 140 valence electrons. The lowest BCUT2D eigenvalue weighted by atomic mass is 9.76. The van der Waals surface area contributed by atoms with Crippen molar-refractivity contribution in [2.24, 2.45) is 10.7 Å². The van der Waals surface area contributed by atoms with Crippen LogP contribution in [0.5, 0.6) is 5.75 Å². The van der Waals surface area contributed by atoms with Crippen LogP contribution in [0.3, 0.4) is 0 Å². The van der Waals surface area contributed by atoms with E-state index < -0.39 is 0 Å². The first kappa shape index (κ1) is 20.5. The molecule has 0 radical (unpaired) electrons. The van der Waals surface area contributed by atoms with Gasteiger partial charge in [0.25, 0.3) is 0 Å². The van der Waals surface area contributed by atoms with E-state index in [9.17, 15) is 4.39 Å². The van der Waals surface area contributed by atoms with E-state index in [0.717, 1.165) is 29.8 Å².